The van der Waals surface area contributed by atoms with Crippen molar-refractivity contribution in [3.8, 4) is 11.5 Å². The first-order valence-electron chi connectivity index (χ1n) is 10.5. The molecular weight excluding hydrogens is 410 g/mol. The summed E-state index contributed by atoms with van der Waals surface area (Å²) in [5.41, 5.74) is 0.594. The number of benzene rings is 1. The van der Waals surface area contributed by atoms with Crippen molar-refractivity contribution < 1.29 is 17.9 Å². The smallest absolute Gasteiger partial charge is 0.240 e. The van der Waals surface area contributed by atoms with Crippen molar-refractivity contribution in [3.05, 3.63) is 17.7 Å². The maximum Gasteiger partial charge on any atom is 0.240 e. The van der Waals surface area contributed by atoms with Crippen molar-refractivity contribution >= 4 is 21.6 Å². The number of ether oxygens (including phenoxy) is 2. The molecule has 1 heterocycles. The van der Waals surface area contributed by atoms with E-state index in [-0.39, 0.29) is 27.4 Å². The SMILES string of the molecule is CC1(C)Cc2cc(S(=O)(=O)NC3CC4CC[C@]3(C)C4(C)C)cc(OCCCl)c2O1. The highest BCUT2D eigenvalue weighted by atomic mass is 35.5. The van der Waals surface area contributed by atoms with E-state index < -0.39 is 10.0 Å². The van der Waals surface area contributed by atoms with Gasteiger partial charge >= 0.3 is 0 Å². The van der Waals surface area contributed by atoms with Crippen molar-refractivity contribution in [2.45, 2.75) is 76.8 Å². The number of hydrogen-bond acceptors (Lipinski definition) is 4. The quantitative estimate of drug-likeness (QED) is 0.659. The summed E-state index contributed by atoms with van der Waals surface area (Å²) in [4.78, 5) is 0.242. The lowest BCUT2D eigenvalue weighted by molar-refractivity contribution is 0.130. The topological polar surface area (TPSA) is 64.6 Å². The second kappa shape index (κ2) is 6.76. The minimum atomic E-state index is -3.68. The Kier molecular flexibility index (Phi) is 4.96. The molecule has 0 aromatic heterocycles. The van der Waals surface area contributed by atoms with Crippen LogP contribution in [0.4, 0.5) is 0 Å². The van der Waals surface area contributed by atoms with E-state index in [4.69, 9.17) is 21.1 Å². The number of fused-ring (bicyclic) bond motifs is 3. The van der Waals surface area contributed by atoms with Gasteiger partial charge in [0.15, 0.2) is 11.5 Å². The van der Waals surface area contributed by atoms with Gasteiger partial charge in [0.25, 0.3) is 0 Å². The molecule has 1 aromatic carbocycles. The molecule has 3 atom stereocenters. The molecule has 2 aliphatic carbocycles. The van der Waals surface area contributed by atoms with Crippen molar-refractivity contribution in [1.29, 1.82) is 0 Å². The van der Waals surface area contributed by atoms with Crippen LogP contribution in [0.5, 0.6) is 11.5 Å². The van der Waals surface area contributed by atoms with Gasteiger partial charge in [0.1, 0.15) is 12.2 Å². The van der Waals surface area contributed by atoms with Crippen molar-refractivity contribution in [3.63, 3.8) is 0 Å². The number of sulfonamides is 1. The van der Waals surface area contributed by atoms with E-state index in [1.807, 2.05) is 13.8 Å². The van der Waals surface area contributed by atoms with E-state index in [1.165, 1.54) is 6.42 Å². The molecule has 29 heavy (non-hydrogen) atoms. The summed E-state index contributed by atoms with van der Waals surface area (Å²) >= 11 is 5.78. The molecule has 1 aromatic rings. The zero-order valence-electron chi connectivity index (χ0n) is 18.0. The highest BCUT2D eigenvalue weighted by Gasteiger charge is 2.62. The third-order valence-electron chi connectivity index (χ3n) is 7.84. The Balaban J connectivity index is 1.66. The molecule has 2 fully saturated rings. The lowest BCUT2D eigenvalue weighted by Gasteiger charge is -2.39. The molecule has 162 valence electrons. The van der Waals surface area contributed by atoms with Crippen LogP contribution in [-0.4, -0.2) is 32.5 Å². The van der Waals surface area contributed by atoms with Crippen LogP contribution < -0.4 is 14.2 Å². The zero-order valence-corrected chi connectivity index (χ0v) is 19.5. The molecule has 5 nitrogen and oxygen atoms in total. The summed E-state index contributed by atoms with van der Waals surface area (Å²) in [6.45, 7) is 11.1. The number of alkyl halides is 1. The molecule has 0 radical (unpaired) electrons. The van der Waals surface area contributed by atoms with Crippen LogP contribution in [0.3, 0.4) is 0 Å². The van der Waals surface area contributed by atoms with Crippen LogP contribution in [0.25, 0.3) is 0 Å². The zero-order chi connectivity index (χ0) is 21.2. The molecule has 4 rings (SSSR count). The maximum absolute atomic E-state index is 13.4. The molecule has 3 aliphatic rings. The Bertz CT molecular complexity index is 927. The Labute approximate surface area is 179 Å². The molecule has 7 heteroatoms. The fourth-order valence-electron chi connectivity index (χ4n) is 5.70. The molecule has 0 spiro atoms. The van der Waals surface area contributed by atoms with E-state index in [1.54, 1.807) is 12.1 Å². The Hall–Kier alpha value is -0.980. The Morgan fingerprint density at radius 2 is 1.97 bits per heavy atom. The van der Waals surface area contributed by atoms with Crippen LogP contribution in [0.15, 0.2) is 17.0 Å². The largest absolute Gasteiger partial charge is 0.488 e. The van der Waals surface area contributed by atoms with Crippen molar-refractivity contribution in [2.75, 3.05) is 12.5 Å². The third kappa shape index (κ3) is 3.35. The average molecular weight is 442 g/mol. The second-order valence-corrected chi connectivity index (χ2v) is 12.4. The number of nitrogens with one attached hydrogen (secondary N) is 1. The van der Waals surface area contributed by atoms with Gasteiger partial charge in [0.2, 0.25) is 10.0 Å². The summed E-state index contributed by atoms with van der Waals surface area (Å²) in [5.74, 6) is 1.97. The van der Waals surface area contributed by atoms with Gasteiger partial charge in [0, 0.05) is 24.1 Å². The summed E-state index contributed by atoms with van der Waals surface area (Å²) < 4.78 is 41.6. The lowest BCUT2D eigenvalue weighted by Crippen LogP contribution is -2.46. The standard InChI is InChI=1S/C22H32ClNO4S/c1-20(2)13-14-10-16(12-17(19(14)28-20)27-9-8-23)29(25,26)24-18-11-15-6-7-22(18,5)21(15,3)4/h10,12,15,18,24H,6-9,11,13H2,1-5H3/t15?,18?,22-/m0/s1. The first-order chi connectivity index (χ1) is 13.4. The maximum atomic E-state index is 13.4. The summed E-state index contributed by atoms with van der Waals surface area (Å²) in [7, 11) is -3.68. The summed E-state index contributed by atoms with van der Waals surface area (Å²) in [6.07, 6.45) is 3.79. The average Bonchev–Trinajstić information content (AvgIpc) is 3.11. The van der Waals surface area contributed by atoms with Gasteiger partial charge in [-0.1, -0.05) is 20.8 Å². The normalized spacial score (nSPS) is 31.5. The van der Waals surface area contributed by atoms with E-state index in [9.17, 15) is 8.42 Å². The number of hydrogen-bond donors (Lipinski definition) is 1. The first-order valence-corrected chi connectivity index (χ1v) is 12.5. The lowest BCUT2D eigenvalue weighted by atomic mass is 9.69. The number of rotatable bonds is 6. The van der Waals surface area contributed by atoms with E-state index in [0.717, 1.165) is 18.4 Å². The molecule has 2 saturated carbocycles. The van der Waals surface area contributed by atoms with Gasteiger partial charge in [-0.25, -0.2) is 13.1 Å². The summed E-state index contributed by atoms with van der Waals surface area (Å²) in [6, 6.07) is 3.27. The van der Waals surface area contributed by atoms with E-state index in [2.05, 4.69) is 25.5 Å². The van der Waals surface area contributed by atoms with Gasteiger partial charge in [-0.05, 0) is 55.9 Å². The van der Waals surface area contributed by atoms with Gasteiger partial charge in [-0.15, -0.1) is 11.6 Å². The van der Waals surface area contributed by atoms with Gasteiger partial charge in [0.05, 0.1) is 10.8 Å². The first kappa shape index (κ1) is 21.3. The minimum absolute atomic E-state index is 0.0233. The third-order valence-corrected chi connectivity index (χ3v) is 9.44. The highest BCUT2D eigenvalue weighted by Crippen LogP contribution is 2.65. The molecule has 2 unspecified atom stereocenters. The van der Waals surface area contributed by atoms with Gasteiger partial charge in [-0.2, -0.15) is 0 Å². The van der Waals surface area contributed by atoms with Gasteiger partial charge < -0.3 is 9.47 Å². The molecule has 2 bridgehead atoms. The Morgan fingerprint density at radius 3 is 2.55 bits per heavy atom. The predicted molar refractivity (Wildman–Crippen MR) is 114 cm³/mol. The fourth-order valence-corrected chi connectivity index (χ4v) is 7.20. The van der Waals surface area contributed by atoms with Crippen LogP contribution in [0.1, 0.15) is 59.4 Å². The van der Waals surface area contributed by atoms with Crippen LogP contribution in [-0.2, 0) is 16.4 Å². The molecular formula is C22H32ClNO4S. The van der Waals surface area contributed by atoms with E-state index >= 15 is 0 Å². The van der Waals surface area contributed by atoms with Crippen LogP contribution in [0.2, 0.25) is 0 Å². The molecule has 0 saturated heterocycles. The number of halogens is 1. The predicted octanol–water partition coefficient (Wildman–Crippen LogP) is 4.51. The van der Waals surface area contributed by atoms with Crippen molar-refractivity contribution in [2.24, 2.45) is 16.7 Å². The summed E-state index contributed by atoms with van der Waals surface area (Å²) in [5, 5.41) is 0. The molecule has 0 amide bonds. The van der Waals surface area contributed by atoms with E-state index in [0.29, 0.717) is 36.3 Å². The monoisotopic (exact) mass is 441 g/mol. The fraction of sp³-hybridized carbons (Fsp3) is 0.727. The molecule has 1 N–H and O–H groups in total. The van der Waals surface area contributed by atoms with Crippen LogP contribution in [0, 0.1) is 16.7 Å². The van der Waals surface area contributed by atoms with Crippen LogP contribution >= 0.6 is 11.6 Å². The highest BCUT2D eigenvalue weighted by molar-refractivity contribution is 7.89. The van der Waals surface area contributed by atoms with Crippen molar-refractivity contribution in [1.82, 2.24) is 4.72 Å². The minimum Gasteiger partial charge on any atom is -0.488 e. The molecule has 1 aliphatic heterocycles. The van der Waals surface area contributed by atoms with Gasteiger partial charge in [-0.3, -0.25) is 0 Å². The Morgan fingerprint density at radius 1 is 1.24 bits per heavy atom. The second-order valence-electron chi connectivity index (χ2n) is 10.3.